The van der Waals surface area contributed by atoms with Crippen LogP contribution < -0.4 is 16.4 Å². The normalized spacial score (nSPS) is 29.5. The number of rotatable bonds is 3. The highest BCUT2D eigenvalue weighted by Crippen LogP contribution is 2.30. The molecule has 4 amide bonds. The fraction of sp³-hybridized carbons (Fsp3) is 0.471. The lowest BCUT2D eigenvalue weighted by atomic mass is 9.90. The van der Waals surface area contributed by atoms with Crippen LogP contribution in [0.1, 0.15) is 36.2 Å². The largest absolute Gasteiger partial charge is 0.338 e. The number of nitrogens with two attached hydrogens (primary N) is 1. The molecule has 0 saturated carbocycles. The predicted octanol–water partition coefficient (Wildman–Crippen LogP) is 0.552. The van der Waals surface area contributed by atoms with E-state index in [1.165, 1.54) is 0 Å². The predicted molar refractivity (Wildman–Crippen MR) is 88.2 cm³/mol. The molecule has 2 fully saturated rings. The van der Waals surface area contributed by atoms with E-state index in [-0.39, 0.29) is 11.3 Å². The molecule has 7 nitrogen and oxygen atoms in total. The molecule has 2 saturated heterocycles. The number of hydrogen-bond acceptors (Lipinski definition) is 4. The Bertz CT molecular complexity index is 702. The Hall–Kier alpha value is -2.41. The van der Waals surface area contributed by atoms with E-state index in [1.54, 1.807) is 31.2 Å². The lowest BCUT2D eigenvalue weighted by Gasteiger charge is -2.23. The van der Waals surface area contributed by atoms with Crippen molar-refractivity contribution in [2.45, 2.75) is 25.8 Å². The maximum absolute atomic E-state index is 12.6. The van der Waals surface area contributed by atoms with Gasteiger partial charge in [-0.1, -0.05) is 19.1 Å². The Kier molecular flexibility index (Phi) is 3.83. The number of imide groups is 1. The molecule has 0 aromatic heterocycles. The van der Waals surface area contributed by atoms with Crippen molar-refractivity contribution in [3.05, 3.63) is 35.4 Å². The van der Waals surface area contributed by atoms with Crippen molar-refractivity contribution < 1.29 is 14.4 Å². The summed E-state index contributed by atoms with van der Waals surface area (Å²) < 4.78 is 0. The molecule has 0 aliphatic carbocycles. The number of carbonyl (C=O) groups is 3. The molecule has 0 spiro atoms. The number of carbonyl (C=O) groups excluding carboxylic acids is 3. The second kappa shape index (κ2) is 5.59. The van der Waals surface area contributed by atoms with Gasteiger partial charge >= 0.3 is 6.03 Å². The number of likely N-dealkylation sites (tertiary alicyclic amines) is 1. The van der Waals surface area contributed by atoms with Crippen molar-refractivity contribution in [3.63, 3.8) is 0 Å². The summed E-state index contributed by atoms with van der Waals surface area (Å²) in [4.78, 5) is 37.8. The maximum atomic E-state index is 12.6. The van der Waals surface area contributed by atoms with Gasteiger partial charge in [0.1, 0.15) is 5.54 Å². The molecule has 2 aliphatic rings. The first-order chi connectivity index (χ1) is 11.3. The SMILES string of the molecule is CC1(CN)CCN(C(=O)c2ccc(C3(C)NC(=O)NC3=O)cc2)C1. The van der Waals surface area contributed by atoms with E-state index in [9.17, 15) is 14.4 Å². The zero-order valence-corrected chi connectivity index (χ0v) is 13.9. The second-order valence-electron chi connectivity index (χ2n) is 7.10. The van der Waals surface area contributed by atoms with Gasteiger partial charge in [0.25, 0.3) is 11.8 Å². The number of urea groups is 1. The van der Waals surface area contributed by atoms with Crippen molar-refractivity contribution in [2.75, 3.05) is 19.6 Å². The molecule has 1 aromatic carbocycles. The van der Waals surface area contributed by atoms with Crippen molar-refractivity contribution in [3.8, 4) is 0 Å². The van der Waals surface area contributed by atoms with Gasteiger partial charge in [-0.15, -0.1) is 0 Å². The van der Waals surface area contributed by atoms with E-state index in [0.29, 0.717) is 30.8 Å². The van der Waals surface area contributed by atoms with Gasteiger partial charge in [-0.3, -0.25) is 14.9 Å². The standard InChI is InChI=1S/C17H22N4O3/c1-16(9-18)7-8-21(10-16)13(22)11-3-5-12(6-4-11)17(2)14(23)19-15(24)20-17/h3-6H,7-10,18H2,1-2H3,(H2,19,20,23,24). The van der Waals surface area contributed by atoms with Gasteiger partial charge in [-0.25, -0.2) is 4.79 Å². The highest BCUT2D eigenvalue weighted by Gasteiger charge is 2.43. The van der Waals surface area contributed by atoms with Crippen molar-refractivity contribution in [1.82, 2.24) is 15.5 Å². The Labute approximate surface area is 140 Å². The highest BCUT2D eigenvalue weighted by atomic mass is 16.2. The molecule has 128 valence electrons. The number of hydrogen-bond donors (Lipinski definition) is 3. The lowest BCUT2D eigenvalue weighted by molar-refractivity contribution is -0.123. The number of benzene rings is 1. The molecule has 4 N–H and O–H groups in total. The lowest BCUT2D eigenvalue weighted by Crippen LogP contribution is -2.40. The molecule has 24 heavy (non-hydrogen) atoms. The summed E-state index contributed by atoms with van der Waals surface area (Å²) in [5.74, 6) is -0.436. The van der Waals surface area contributed by atoms with Crippen molar-refractivity contribution in [2.24, 2.45) is 11.1 Å². The number of nitrogens with zero attached hydrogens (tertiary/aromatic N) is 1. The summed E-state index contributed by atoms with van der Waals surface area (Å²) in [5, 5.41) is 4.84. The molecule has 0 radical (unpaired) electrons. The van der Waals surface area contributed by atoms with Crippen LogP contribution in [-0.2, 0) is 10.3 Å². The minimum absolute atomic E-state index is 0.0186. The van der Waals surface area contributed by atoms with E-state index in [2.05, 4.69) is 17.6 Å². The topological polar surface area (TPSA) is 105 Å². The molecule has 2 aliphatic heterocycles. The van der Waals surface area contributed by atoms with E-state index in [4.69, 9.17) is 5.73 Å². The molecule has 3 rings (SSSR count). The maximum Gasteiger partial charge on any atom is 0.322 e. The molecule has 2 atom stereocenters. The van der Waals surface area contributed by atoms with E-state index >= 15 is 0 Å². The summed E-state index contributed by atoms with van der Waals surface area (Å²) in [5.41, 5.74) is 5.86. The van der Waals surface area contributed by atoms with Crippen LogP contribution in [0.5, 0.6) is 0 Å². The van der Waals surface area contributed by atoms with Crippen LogP contribution in [-0.4, -0.2) is 42.4 Å². The first kappa shape index (κ1) is 16.4. The van der Waals surface area contributed by atoms with Crippen LogP contribution in [0.25, 0.3) is 0 Å². The van der Waals surface area contributed by atoms with Gasteiger partial charge in [0.15, 0.2) is 0 Å². The minimum Gasteiger partial charge on any atom is -0.338 e. The van der Waals surface area contributed by atoms with Crippen LogP contribution in [0.15, 0.2) is 24.3 Å². The van der Waals surface area contributed by atoms with Crippen molar-refractivity contribution in [1.29, 1.82) is 0 Å². The molecule has 1 aromatic rings. The van der Waals surface area contributed by atoms with Gasteiger partial charge in [0.2, 0.25) is 0 Å². The average molecular weight is 330 g/mol. The van der Waals surface area contributed by atoms with Gasteiger partial charge in [0, 0.05) is 18.7 Å². The van der Waals surface area contributed by atoms with Gasteiger partial charge < -0.3 is 16.0 Å². The van der Waals surface area contributed by atoms with Crippen LogP contribution in [0.3, 0.4) is 0 Å². The van der Waals surface area contributed by atoms with E-state index in [1.807, 2.05) is 4.90 Å². The summed E-state index contributed by atoms with van der Waals surface area (Å²) in [6.07, 6.45) is 0.900. The Morgan fingerprint density at radius 3 is 2.42 bits per heavy atom. The van der Waals surface area contributed by atoms with Crippen molar-refractivity contribution >= 4 is 17.8 Å². The Balaban J connectivity index is 1.77. The Morgan fingerprint density at radius 1 is 1.25 bits per heavy atom. The zero-order chi connectivity index (χ0) is 17.5. The molecule has 2 heterocycles. The van der Waals surface area contributed by atoms with E-state index in [0.717, 1.165) is 6.42 Å². The molecular weight excluding hydrogens is 308 g/mol. The third kappa shape index (κ3) is 2.65. The van der Waals surface area contributed by atoms with Crippen LogP contribution in [0.4, 0.5) is 4.79 Å². The zero-order valence-electron chi connectivity index (χ0n) is 13.9. The van der Waals surface area contributed by atoms with Gasteiger partial charge in [-0.2, -0.15) is 0 Å². The minimum atomic E-state index is -1.11. The molecule has 2 unspecified atom stereocenters. The van der Waals surface area contributed by atoms with Crippen LogP contribution >= 0.6 is 0 Å². The fourth-order valence-electron chi connectivity index (χ4n) is 3.24. The monoisotopic (exact) mass is 330 g/mol. The summed E-state index contributed by atoms with van der Waals surface area (Å²) in [6, 6.07) is 6.28. The fourth-order valence-corrected chi connectivity index (χ4v) is 3.24. The summed E-state index contributed by atoms with van der Waals surface area (Å²) >= 11 is 0. The van der Waals surface area contributed by atoms with Crippen LogP contribution in [0, 0.1) is 5.41 Å². The second-order valence-corrected chi connectivity index (χ2v) is 7.10. The van der Waals surface area contributed by atoms with Crippen LogP contribution in [0.2, 0.25) is 0 Å². The Morgan fingerprint density at radius 2 is 1.92 bits per heavy atom. The first-order valence-corrected chi connectivity index (χ1v) is 8.01. The first-order valence-electron chi connectivity index (χ1n) is 8.01. The van der Waals surface area contributed by atoms with E-state index < -0.39 is 17.5 Å². The van der Waals surface area contributed by atoms with Gasteiger partial charge in [-0.05, 0) is 43.0 Å². The number of nitrogens with one attached hydrogen (secondary N) is 2. The number of amides is 4. The third-order valence-corrected chi connectivity index (χ3v) is 5.09. The van der Waals surface area contributed by atoms with Gasteiger partial charge in [0.05, 0.1) is 0 Å². The smallest absolute Gasteiger partial charge is 0.322 e. The quantitative estimate of drug-likeness (QED) is 0.704. The molecular formula is C17H22N4O3. The molecule has 0 bridgehead atoms. The average Bonchev–Trinajstić information content (AvgIpc) is 3.08. The third-order valence-electron chi connectivity index (χ3n) is 5.09. The molecule has 7 heteroatoms. The summed E-state index contributed by atoms with van der Waals surface area (Å²) in [6.45, 7) is 5.64. The highest BCUT2D eigenvalue weighted by molar-refractivity contribution is 6.07. The summed E-state index contributed by atoms with van der Waals surface area (Å²) in [7, 11) is 0.